The van der Waals surface area contributed by atoms with Crippen molar-refractivity contribution < 1.29 is 17.7 Å². The third-order valence-corrected chi connectivity index (χ3v) is 5.44. The molecule has 9 heteroatoms. The highest BCUT2D eigenvalue weighted by molar-refractivity contribution is 7.98. The molecule has 0 saturated carbocycles. The first-order valence-electron chi connectivity index (χ1n) is 10.2. The second-order valence-electron chi connectivity index (χ2n) is 7.66. The number of hydrogen-bond donors (Lipinski definition) is 2. The molecule has 0 aliphatic rings. The first-order valence-corrected chi connectivity index (χ1v) is 12.3. The Balaban J connectivity index is 1.59. The molecule has 1 atom stereocenters. The average Bonchev–Trinajstić information content (AvgIpc) is 2.78. The van der Waals surface area contributed by atoms with Gasteiger partial charge >= 0.3 is 0 Å². The second kappa shape index (κ2) is 9.98. The zero-order valence-electron chi connectivity index (χ0n) is 18.2. The molecule has 6 nitrogen and oxygen atoms in total. The number of nitrogens with two attached hydrogens (primary N) is 1. The molecule has 3 N–H and O–H groups in total. The van der Waals surface area contributed by atoms with E-state index in [0.29, 0.717) is 34.2 Å². The summed E-state index contributed by atoms with van der Waals surface area (Å²) in [6.45, 7) is 0.137. The molecule has 0 amide bonds. The van der Waals surface area contributed by atoms with E-state index in [9.17, 15) is 13.0 Å². The first-order chi connectivity index (χ1) is 16.2. The molecular formula is C25H22F2N4O2S. The molecule has 4 aromatic rings. The van der Waals surface area contributed by atoms with E-state index in [0.717, 1.165) is 5.56 Å². The van der Waals surface area contributed by atoms with Crippen LogP contribution in [0.5, 0.6) is 5.75 Å². The summed E-state index contributed by atoms with van der Waals surface area (Å²) in [4.78, 5) is 8.78. The Morgan fingerprint density at radius 2 is 1.79 bits per heavy atom. The molecule has 0 bridgehead atoms. The Morgan fingerprint density at radius 1 is 1.03 bits per heavy atom. The molecule has 3 aromatic carbocycles. The highest BCUT2D eigenvalue weighted by atomic mass is 32.2. The lowest BCUT2D eigenvalue weighted by molar-refractivity contribution is 0.305. The van der Waals surface area contributed by atoms with E-state index in [1.807, 2.05) is 6.07 Å². The van der Waals surface area contributed by atoms with Crippen molar-refractivity contribution in [3.63, 3.8) is 0 Å². The maximum atomic E-state index is 14.0. The molecule has 4 rings (SSSR count). The summed E-state index contributed by atoms with van der Waals surface area (Å²) < 4.78 is 44.8. The molecule has 0 saturated heterocycles. The van der Waals surface area contributed by atoms with Crippen LogP contribution in [0.25, 0.3) is 11.3 Å². The van der Waals surface area contributed by atoms with E-state index in [1.54, 1.807) is 48.7 Å². The monoisotopic (exact) mass is 480 g/mol. The van der Waals surface area contributed by atoms with E-state index in [-0.39, 0.29) is 12.4 Å². The van der Waals surface area contributed by atoms with Crippen LogP contribution in [-0.2, 0) is 16.3 Å². The van der Waals surface area contributed by atoms with E-state index in [2.05, 4.69) is 15.3 Å². The van der Waals surface area contributed by atoms with Gasteiger partial charge < -0.3 is 10.1 Å². The maximum Gasteiger partial charge on any atom is 0.227 e. The summed E-state index contributed by atoms with van der Waals surface area (Å²) in [7, 11) is -2.54. The summed E-state index contributed by atoms with van der Waals surface area (Å²) >= 11 is 0. The zero-order chi connectivity index (χ0) is 24.1. The summed E-state index contributed by atoms with van der Waals surface area (Å²) in [6.07, 6.45) is 3.03. The van der Waals surface area contributed by atoms with Crippen molar-refractivity contribution in [1.29, 1.82) is 0 Å². The van der Waals surface area contributed by atoms with Gasteiger partial charge in [0.15, 0.2) is 0 Å². The minimum absolute atomic E-state index is 0.137. The van der Waals surface area contributed by atoms with Crippen molar-refractivity contribution in [2.24, 2.45) is 5.14 Å². The van der Waals surface area contributed by atoms with Crippen LogP contribution in [0.15, 0.2) is 79.0 Å². The van der Waals surface area contributed by atoms with Gasteiger partial charge in [0.25, 0.3) is 0 Å². The number of hydrogen-bond acceptors (Lipinski definition) is 5. The fourth-order valence-electron chi connectivity index (χ4n) is 3.23. The topological polar surface area (TPSA) is 90.1 Å². The largest absolute Gasteiger partial charge is 0.488 e. The van der Waals surface area contributed by atoms with Crippen LogP contribution >= 0.6 is 0 Å². The molecule has 174 valence electrons. The van der Waals surface area contributed by atoms with E-state index >= 15 is 0 Å². The van der Waals surface area contributed by atoms with Gasteiger partial charge in [0.2, 0.25) is 5.95 Å². The third kappa shape index (κ3) is 6.37. The number of benzene rings is 3. The lowest BCUT2D eigenvalue weighted by Gasteiger charge is -2.13. The second-order valence-corrected chi connectivity index (χ2v) is 9.82. The Kier molecular flexibility index (Phi) is 6.85. The Morgan fingerprint density at radius 3 is 2.56 bits per heavy atom. The predicted octanol–water partition coefficient (Wildman–Crippen LogP) is 4.68. The number of anilines is 2. The number of nitrogens with one attached hydrogen (secondary N) is 1. The van der Waals surface area contributed by atoms with E-state index < -0.39 is 15.5 Å². The lowest BCUT2D eigenvalue weighted by atomic mass is 10.1. The van der Waals surface area contributed by atoms with Crippen molar-refractivity contribution in [2.45, 2.75) is 6.61 Å². The van der Waals surface area contributed by atoms with Gasteiger partial charge in [-0.2, -0.15) is 0 Å². The standard InChI is InChI=1S/C25H22F2N4O2S/c1-34(28,32)16-18-3-2-4-21(13-18)30-25-29-12-11-23(31-25)22-10-9-20(27)14-24(22)33-15-17-5-7-19(26)8-6-17/h2-14,16H,15H2,1H3,(H2,28,32)(H,29,30,31). The van der Waals surface area contributed by atoms with Crippen LogP contribution in [0.1, 0.15) is 11.1 Å². The van der Waals surface area contributed by atoms with Gasteiger partial charge in [-0.3, -0.25) is 9.35 Å². The van der Waals surface area contributed by atoms with Gasteiger partial charge in [0.1, 0.15) is 24.0 Å². The number of halogens is 2. The van der Waals surface area contributed by atoms with Crippen molar-refractivity contribution in [3.05, 3.63) is 102 Å². The summed E-state index contributed by atoms with van der Waals surface area (Å²) in [5.74, 6) is -0.184. The molecule has 0 aliphatic carbocycles. The van der Waals surface area contributed by atoms with Crippen LogP contribution in [0.2, 0.25) is 0 Å². The lowest BCUT2D eigenvalue weighted by Crippen LogP contribution is -2.13. The summed E-state index contributed by atoms with van der Waals surface area (Å²) in [6, 6.07) is 18.9. The Bertz CT molecular complexity index is 1430. The normalized spacial score (nSPS) is 12.6. The molecule has 1 unspecified atom stereocenters. The van der Waals surface area contributed by atoms with Crippen LogP contribution in [-0.4, -0.2) is 25.8 Å². The molecular weight excluding hydrogens is 458 g/mol. The summed E-state index contributed by atoms with van der Waals surface area (Å²) in [5, 5.41) is 10.2. The highest BCUT2D eigenvalue weighted by Gasteiger charge is 2.11. The van der Waals surface area contributed by atoms with Crippen LogP contribution in [0.3, 0.4) is 0 Å². The van der Waals surface area contributed by atoms with Gasteiger partial charge in [-0.25, -0.2) is 18.7 Å². The smallest absolute Gasteiger partial charge is 0.227 e. The van der Waals surface area contributed by atoms with Gasteiger partial charge in [-0.15, -0.1) is 0 Å². The van der Waals surface area contributed by atoms with Gasteiger partial charge in [0.05, 0.1) is 5.69 Å². The average molecular weight is 481 g/mol. The van der Waals surface area contributed by atoms with Crippen molar-refractivity contribution >= 4 is 26.7 Å². The molecule has 0 aliphatic heterocycles. The SMILES string of the molecule is CS(N)(=O)=Cc1cccc(Nc2nccc(-c3ccc(F)cc3OCc3ccc(F)cc3)n2)c1. The fraction of sp³-hybridized carbons (Fsp3) is 0.0800. The quantitative estimate of drug-likeness (QED) is 0.375. The van der Waals surface area contributed by atoms with Gasteiger partial charge in [0, 0.05) is 44.8 Å². The minimum Gasteiger partial charge on any atom is -0.488 e. The molecule has 1 heterocycles. The van der Waals surface area contributed by atoms with E-state index in [1.165, 1.54) is 35.9 Å². The zero-order valence-corrected chi connectivity index (χ0v) is 19.1. The number of ether oxygens (including phenoxy) is 1. The van der Waals surface area contributed by atoms with E-state index in [4.69, 9.17) is 9.88 Å². The predicted molar refractivity (Wildman–Crippen MR) is 131 cm³/mol. The van der Waals surface area contributed by atoms with Crippen LogP contribution in [0.4, 0.5) is 20.4 Å². The number of nitrogens with zero attached hydrogens (tertiary/aromatic N) is 2. The summed E-state index contributed by atoms with van der Waals surface area (Å²) in [5.41, 5.74) is 3.22. The first kappa shape index (κ1) is 23.3. The van der Waals surface area contributed by atoms with Crippen molar-refractivity contribution in [3.8, 4) is 17.0 Å². The highest BCUT2D eigenvalue weighted by Crippen LogP contribution is 2.31. The van der Waals surface area contributed by atoms with Gasteiger partial charge in [-0.05, 0) is 53.6 Å². The van der Waals surface area contributed by atoms with Crippen LogP contribution in [0, 0.1) is 11.6 Å². The maximum absolute atomic E-state index is 14.0. The Hall–Kier alpha value is -3.82. The van der Waals surface area contributed by atoms with Crippen molar-refractivity contribution in [1.82, 2.24) is 9.97 Å². The van der Waals surface area contributed by atoms with Crippen LogP contribution < -0.4 is 15.2 Å². The molecule has 1 aromatic heterocycles. The number of aromatic nitrogens is 2. The molecule has 0 fully saturated rings. The number of rotatable bonds is 7. The Labute approximate surface area is 196 Å². The molecule has 34 heavy (non-hydrogen) atoms. The molecule has 0 radical (unpaired) electrons. The van der Waals surface area contributed by atoms with Crippen molar-refractivity contribution in [2.75, 3.05) is 11.6 Å². The third-order valence-electron chi connectivity index (χ3n) is 4.70. The minimum atomic E-state index is -2.54. The van der Waals surface area contributed by atoms with Gasteiger partial charge in [-0.1, -0.05) is 24.3 Å². The fourth-order valence-corrected chi connectivity index (χ4v) is 3.91. The molecule has 0 spiro atoms.